The van der Waals surface area contributed by atoms with Crippen LogP contribution < -0.4 is 5.32 Å². The zero-order chi connectivity index (χ0) is 17.1. The molecule has 1 aliphatic carbocycles. The average molecular weight is 329 g/mol. The number of halogens is 1. The number of likely N-dealkylation sites (N-methyl/N-ethyl adjacent to an activating group) is 1. The number of nitrogens with one attached hydrogen (secondary N) is 1. The summed E-state index contributed by atoms with van der Waals surface area (Å²) in [5.74, 6) is 0.0649. The van der Waals surface area contributed by atoms with E-state index in [-0.39, 0.29) is 18.3 Å². The predicted molar refractivity (Wildman–Crippen MR) is 89.6 cm³/mol. The van der Waals surface area contributed by atoms with Gasteiger partial charge in [0.25, 0.3) is 5.91 Å². The van der Waals surface area contributed by atoms with Gasteiger partial charge >= 0.3 is 0 Å². The number of rotatable bonds is 6. The summed E-state index contributed by atoms with van der Waals surface area (Å²) in [6, 6.07) is 9.31. The van der Waals surface area contributed by atoms with Crippen molar-refractivity contribution in [2.45, 2.75) is 18.9 Å². The summed E-state index contributed by atoms with van der Waals surface area (Å²) in [4.78, 5) is 18.3. The fourth-order valence-corrected chi connectivity index (χ4v) is 2.58. The van der Waals surface area contributed by atoms with Gasteiger partial charge in [0.05, 0.1) is 11.7 Å². The van der Waals surface area contributed by atoms with Crippen molar-refractivity contribution in [3.63, 3.8) is 0 Å². The zero-order valence-corrected chi connectivity index (χ0v) is 13.4. The molecule has 5 nitrogen and oxygen atoms in total. The summed E-state index contributed by atoms with van der Waals surface area (Å²) >= 11 is 0. The summed E-state index contributed by atoms with van der Waals surface area (Å²) in [7, 11) is 1.66. The molecule has 1 aromatic carbocycles. The fraction of sp³-hybridized carbons (Fsp3) is 0.333. The van der Waals surface area contributed by atoms with Gasteiger partial charge in [-0.25, -0.2) is 9.37 Å². The van der Waals surface area contributed by atoms with Crippen molar-refractivity contribution in [1.29, 1.82) is 0 Å². The maximum absolute atomic E-state index is 13.3. The zero-order valence-electron chi connectivity index (χ0n) is 13.4. The summed E-state index contributed by atoms with van der Waals surface area (Å²) in [5.41, 5.74) is 0.899. The average Bonchev–Trinajstić information content (AvgIpc) is 3.39. The lowest BCUT2D eigenvalue weighted by Crippen LogP contribution is -2.35. The number of anilines is 2. The number of aliphatic hydroxyl groups is 1. The molecule has 0 bridgehead atoms. The second-order valence-corrected chi connectivity index (χ2v) is 6.13. The molecule has 1 amide bonds. The number of hydrogen-bond acceptors (Lipinski definition) is 4. The third kappa shape index (κ3) is 3.89. The van der Waals surface area contributed by atoms with E-state index in [0.29, 0.717) is 23.0 Å². The summed E-state index contributed by atoms with van der Waals surface area (Å²) in [6.45, 7) is 0.289. The highest BCUT2D eigenvalue weighted by Crippen LogP contribution is 2.33. The second kappa shape index (κ2) is 6.97. The van der Waals surface area contributed by atoms with E-state index in [9.17, 15) is 14.3 Å². The van der Waals surface area contributed by atoms with E-state index >= 15 is 0 Å². The van der Waals surface area contributed by atoms with Gasteiger partial charge in [-0.15, -0.1) is 0 Å². The molecule has 6 heteroatoms. The first-order valence-corrected chi connectivity index (χ1v) is 7.95. The van der Waals surface area contributed by atoms with Crippen molar-refractivity contribution in [1.82, 2.24) is 9.88 Å². The minimum Gasteiger partial charge on any atom is -0.391 e. The quantitative estimate of drug-likeness (QED) is 0.855. The summed E-state index contributed by atoms with van der Waals surface area (Å²) in [5, 5.41) is 13.0. The molecule has 3 rings (SSSR count). The van der Waals surface area contributed by atoms with Crippen molar-refractivity contribution in [3.8, 4) is 0 Å². The number of carbonyl (C=O) groups excluding carboxylic acids is 1. The Morgan fingerprint density at radius 3 is 2.92 bits per heavy atom. The molecule has 2 N–H and O–H groups in total. The van der Waals surface area contributed by atoms with Gasteiger partial charge in [0.2, 0.25) is 0 Å². The lowest BCUT2D eigenvalue weighted by Gasteiger charge is -2.22. The highest BCUT2D eigenvalue weighted by Gasteiger charge is 2.31. The highest BCUT2D eigenvalue weighted by atomic mass is 19.1. The normalized spacial score (nSPS) is 15.0. The third-order valence-electron chi connectivity index (χ3n) is 4.10. The topological polar surface area (TPSA) is 65.5 Å². The van der Waals surface area contributed by atoms with Crippen molar-refractivity contribution in [2.75, 3.05) is 18.9 Å². The van der Waals surface area contributed by atoms with Gasteiger partial charge in [-0.3, -0.25) is 4.79 Å². The lowest BCUT2D eigenvalue weighted by molar-refractivity contribution is 0.0646. The van der Waals surface area contributed by atoms with Gasteiger partial charge in [0, 0.05) is 25.5 Å². The first-order chi connectivity index (χ1) is 11.5. The van der Waals surface area contributed by atoms with Gasteiger partial charge in [-0.1, -0.05) is 6.07 Å². The van der Waals surface area contributed by atoms with E-state index in [0.717, 1.165) is 12.8 Å². The molecule has 1 aromatic heterocycles. The molecule has 0 saturated heterocycles. The molecular weight excluding hydrogens is 309 g/mol. The molecule has 1 heterocycles. The van der Waals surface area contributed by atoms with E-state index in [1.54, 1.807) is 37.5 Å². The Kier molecular flexibility index (Phi) is 4.76. The van der Waals surface area contributed by atoms with Crippen LogP contribution in [0.1, 0.15) is 23.2 Å². The number of aliphatic hydroxyl groups excluding tert-OH is 1. The summed E-state index contributed by atoms with van der Waals surface area (Å²) < 4.78 is 13.3. The molecule has 1 unspecified atom stereocenters. The van der Waals surface area contributed by atoms with Gasteiger partial charge in [0.15, 0.2) is 0 Å². The van der Waals surface area contributed by atoms with Crippen LogP contribution in [0, 0.1) is 11.7 Å². The Morgan fingerprint density at radius 2 is 2.21 bits per heavy atom. The van der Waals surface area contributed by atoms with Gasteiger partial charge in [0.1, 0.15) is 11.6 Å². The number of hydrogen-bond donors (Lipinski definition) is 2. The standard InChI is InChI=1S/C18H20FN3O2/c1-22(11-16(23)12-7-8-12)18(24)15-6-3-9-20-17(15)21-14-5-2-4-13(19)10-14/h2-6,9-10,12,16,23H,7-8,11H2,1H3,(H,20,21). The Morgan fingerprint density at radius 1 is 1.42 bits per heavy atom. The molecule has 1 aliphatic rings. The van der Waals surface area contributed by atoms with Gasteiger partial charge in [-0.05, 0) is 49.1 Å². The Bertz CT molecular complexity index is 734. The minimum absolute atomic E-state index is 0.235. The number of amides is 1. The van der Waals surface area contributed by atoms with Crippen molar-refractivity contribution < 1.29 is 14.3 Å². The molecule has 0 radical (unpaired) electrons. The molecule has 1 fully saturated rings. The largest absolute Gasteiger partial charge is 0.391 e. The van der Waals surface area contributed by atoms with Crippen LogP contribution in [-0.4, -0.2) is 40.6 Å². The third-order valence-corrected chi connectivity index (χ3v) is 4.10. The number of nitrogens with zero attached hydrogens (tertiary/aromatic N) is 2. The lowest BCUT2D eigenvalue weighted by atomic mass is 10.2. The smallest absolute Gasteiger partial charge is 0.257 e. The first kappa shape index (κ1) is 16.4. The Labute approximate surface area is 140 Å². The van der Waals surface area contributed by atoms with Gasteiger partial charge in [-0.2, -0.15) is 0 Å². The van der Waals surface area contributed by atoms with E-state index in [1.165, 1.54) is 17.0 Å². The van der Waals surface area contributed by atoms with E-state index in [1.807, 2.05) is 0 Å². The Hall–Kier alpha value is -2.47. The Balaban J connectivity index is 1.76. The van der Waals surface area contributed by atoms with Crippen LogP contribution in [0.3, 0.4) is 0 Å². The van der Waals surface area contributed by atoms with Crippen molar-refractivity contribution in [3.05, 3.63) is 54.0 Å². The van der Waals surface area contributed by atoms with Crippen LogP contribution in [0.4, 0.5) is 15.9 Å². The van der Waals surface area contributed by atoms with Crippen LogP contribution in [0.2, 0.25) is 0 Å². The predicted octanol–water partition coefficient (Wildman–Crippen LogP) is 2.81. The molecule has 0 spiro atoms. The minimum atomic E-state index is -0.491. The first-order valence-electron chi connectivity index (χ1n) is 7.95. The maximum atomic E-state index is 13.3. The van der Waals surface area contributed by atoms with Gasteiger partial charge < -0.3 is 15.3 Å². The molecule has 24 heavy (non-hydrogen) atoms. The van der Waals surface area contributed by atoms with Crippen molar-refractivity contribution in [2.24, 2.45) is 5.92 Å². The maximum Gasteiger partial charge on any atom is 0.257 e. The van der Waals surface area contributed by atoms with Crippen LogP contribution in [0.15, 0.2) is 42.6 Å². The van der Waals surface area contributed by atoms with Crippen LogP contribution in [0.5, 0.6) is 0 Å². The van der Waals surface area contributed by atoms with E-state index in [4.69, 9.17) is 0 Å². The fourth-order valence-electron chi connectivity index (χ4n) is 2.58. The second-order valence-electron chi connectivity index (χ2n) is 6.13. The highest BCUT2D eigenvalue weighted by molar-refractivity contribution is 5.99. The SMILES string of the molecule is CN(CC(O)C1CC1)C(=O)c1cccnc1Nc1cccc(F)c1. The molecule has 2 aromatic rings. The van der Waals surface area contributed by atoms with Crippen LogP contribution >= 0.6 is 0 Å². The number of pyridine rings is 1. The molecular formula is C18H20FN3O2. The monoisotopic (exact) mass is 329 g/mol. The van der Waals surface area contributed by atoms with E-state index < -0.39 is 6.10 Å². The van der Waals surface area contributed by atoms with E-state index in [2.05, 4.69) is 10.3 Å². The number of aromatic nitrogens is 1. The number of carbonyl (C=O) groups is 1. The molecule has 1 saturated carbocycles. The molecule has 1 atom stereocenters. The van der Waals surface area contributed by atoms with Crippen LogP contribution in [0.25, 0.3) is 0 Å². The summed E-state index contributed by atoms with van der Waals surface area (Å²) in [6.07, 6.45) is 3.11. The van der Waals surface area contributed by atoms with Crippen molar-refractivity contribution >= 4 is 17.4 Å². The number of benzene rings is 1. The van der Waals surface area contributed by atoms with Crippen LogP contribution in [-0.2, 0) is 0 Å². The molecule has 126 valence electrons. The molecule has 0 aliphatic heterocycles.